The van der Waals surface area contributed by atoms with Crippen LogP contribution in [0.4, 0.5) is 34.6 Å². The van der Waals surface area contributed by atoms with Crippen LogP contribution in [0.15, 0.2) is 30.3 Å². The van der Waals surface area contributed by atoms with Gasteiger partial charge in [0.15, 0.2) is 5.78 Å². The number of alkyl halides is 3. The van der Waals surface area contributed by atoms with Crippen LogP contribution in [0.25, 0.3) is 0 Å². The van der Waals surface area contributed by atoms with Gasteiger partial charge in [-0.3, -0.25) is 19.7 Å². The van der Waals surface area contributed by atoms with Crippen molar-refractivity contribution in [1.29, 1.82) is 0 Å². The van der Waals surface area contributed by atoms with Gasteiger partial charge in [0.2, 0.25) is 5.78 Å². The Hall–Kier alpha value is -3.50. The molecule has 0 saturated carbocycles. The second-order valence-corrected chi connectivity index (χ2v) is 7.90. The van der Waals surface area contributed by atoms with Crippen molar-refractivity contribution in [2.24, 2.45) is 0 Å². The number of nitrogens with zero attached hydrogens (tertiary/aromatic N) is 2. The lowest BCUT2D eigenvalue weighted by molar-refractivity contribution is -0.384. The van der Waals surface area contributed by atoms with Crippen molar-refractivity contribution < 1.29 is 36.8 Å². The maximum atomic E-state index is 15.0. The number of fused-ring (bicyclic) bond motifs is 1. The molecule has 170 valence electrons. The van der Waals surface area contributed by atoms with Crippen LogP contribution in [0.2, 0.25) is 0 Å². The number of hydrogen-bond donors (Lipinski definition) is 0. The summed E-state index contributed by atoms with van der Waals surface area (Å²) in [5, 5.41) is 11.5. The topological polar surface area (TPSA) is 89.8 Å². The first kappa shape index (κ1) is 23.2. The number of ether oxygens (including phenoxy) is 1. The molecule has 32 heavy (non-hydrogen) atoms. The SMILES string of the molecule is COc1cc(F)c(C(=O)CC(=O)C(F)(F)F)c2c1N(c1ccccc1[N+](=O)[O-])CC2(C)C. The van der Waals surface area contributed by atoms with Crippen molar-refractivity contribution in [1.82, 2.24) is 0 Å². The molecular weight excluding hydrogens is 436 g/mol. The predicted octanol–water partition coefficient (Wildman–Crippen LogP) is 4.88. The molecule has 0 spiro atoms. The number of nitro benzene ring substituents is 1. The number of halogens is 4. The largest absolute Gasteiger partial charge is 0.494 e. The van der Waals surface area contributed by atoms with Gasteiger partial charge in [-0.1, -0.05) is 26.0 Å². The van der Waals surface area contributed by atoms with Gasteiger partial charge in [0.05, 0.1) is 29.7 Å². The van der Waals surface area contributed by atoms with Crippen molar-refractivity contribution in [3.8, 4) is 5.75 Å². The molecule has 0 unspecified atom stereocenters. The van der Waals surface area contributed by atoms with Gasteiger partial charge in [-0.2, -0.15) is 13.2 Å². The molecule has 0 bridgehead atoms. The third-order valence-electron chi connectivity index (χ3n) is 5.22. The number of benzene rings is 2. The molecule has 1 aliphatic rings. The molecule has 7 nitrogen and oxygen atoms in total. The molecule has 0 aliphatic carbocycles. The molecule has 2 aromatic rings. The number of methoxy groups -OCH3 is 1. The lowest BCUT2D eigenvalue weighted by Gasteiger charge is -2.22. The van der Waals surface area contributed by atoms with Crippen molar-refractivity contribution in [3.05, 3.63) is 57.4 Å². The van der Waals surface area contributed by atoms with Crippen LogP contribution in [0.5, 0.6) is 5.75 Å². The summed E-state index contributed by atoms with van der Waals surface area (Å²) in [5.74, 6) is -4.82. The van der Waals surface area contributed by atoms with Crippen LogP contribution in [0.3, 0.4) is 0 Å². The second-order valence-electron chi connectivity index (χ2n) is 7.90. The van der Waals surface area contributed by atoms with Gasteiger partial charge in [-0.25, -0.2) is 4.39 Å². The average molecular weight is 454 g/mol. The van der Waals surface area contributed by atoms with Gasteiger partial charge in [0, 0.05) is 29.7 Å². The Balaban J connectivity index is 2.26. The highest BCUT2D eigenvalue weighted by molar-refractivity contribution is 6.11. The second kappa shape index (κ2) is 7.88. The minimum atomic E-state index is -5.24. The van der Waals surface area contributed by atoms with E-state index in [-0.39, 0.29) is 34.9 Å². The van der Waals surface area contributed by atoms with E-state index in [2.05, 4.69) is 0 Å². The van der Waals surface area contributed by atoms with Crippen LogP contribution >= 0.6 is 0 Å². The highest BCUT2D eigenvalue weighted by Crippen LogP contribution is 2.53. The van der Waals surface area contributed by atoms with E-state index in [9.17, 15) is 37.3 Å². The van der Waals surface area contributed by atoms with Crippen molar-refractivity contribution in [2.75, 3.05) is 18.6 Å². The van der Waals surface area contributed by atoms with E-state index in [1.807, 2.05) is 0 Å². The van der Waals surface area contributed by atoms with Crippen LogP contribution in [0, 0.1) is 15.9 Å². The molecular formula is C21H18F4N2O5. The van der Waals surface area contributed by atoms with Crippen molar-refractivity contribution >= 4 is 28.6 Å². The fourth-order valence-corrected chi connectivity index (χ4v) is 3.91. The van der Waals surface area contributed by atoms with E-state index in [1.54, 1.807) is 19.9 Å². The Bertz CT molecular complexity index is 1130. The number of ketones is 2. The van der Waals surface area contributed by atoms with Gasteiger partial charge < -0.3 is 9.64 Å². The van der Waals surface area contributed by atoms with E-state index in [4.69, 9.17) is 4.74 Å². The van der Waals surface area contributed by atoms with Gasteiger partial charge in [0.1, 0.15) is 17.3 Å². The zero-order chi connectivity index (χ0) is 24.0. The molecule has 0 fully saturated rings. The van der Waals surface area contributed by atoms with E-state index >= 15 is 0 Å². The minimum absolute atomic E-state index is 0.0208. The molecule has 0 atom stereocenters. The summed E-state index contributed by atoms with van der Waals surface area (Å²) in [6.07, 6.45) is -6.80. The van der Waals surface area contributed by atoms with Crippen molar-refractivity contribution in [2.45, 2.75) is 31.9 Å². The molecule has 0 N–H and O–H groups in total. The summed E-state index contributed by atoms with van der Waals surface area (Å²) < 4.78 is 58.3. The van der Waals surface area contributed by atoms with Gasteiger partial charge >= 0.3 is 6.18 Å². The number of nitro groups is 1. The lowest BCUT2D eigenvalue weighted by atomic mass is 9.81. The van der Waals surface area contributed by atoms with Crippen LogP contribution in [0.1, 0.15) is 36.2 Å². The Morgan fingerprint density at radius 2 is 1.88 bits per heavy atom. The first-order chi connectivity index (χ1) is 14.8. The van der Waals surface area contributed by atoms with Crippen LogP contribution in [-0.2, 0) is 10.2 Å². The maximum absolute atomic E-state index is 15.0. The van der Waals surface area contributed by atoms with E-state index in [0.717, 1.165) is 6.07 Å². The number of para-hydroxylation sites is 2. The molecule has 11 heteroatoms. The Kier molecular flexibility index (Phi) is 5.71. The average Bonchev–Trinajstić information content (AvgIpc) is 2.97. The van der Waals surface area contributed by atoms with Crippen molar-refractivity contribution in [3.63, 3.8) is 0 Å². The van der Waals surface area contributed by atoms with Gasteiger partial charge in [0.25, 0.3) is 5.69 Å². The zero-order valence-corrected chi connectivity index (χ0v) is 17.2. The molecule has 1 aliphatic heterocycles. The van der Waals surface area contributed by atoms with Crippen LogP contribution in [-0.4, -0.2) is 36.3 Å². The van der Waals surface area contributed by atoms with Gasteiger partial charge in [-0.15, -0.1) is 0 Å². The highest BCUT2D eigenvalue weighted by Gasteiger charge is 2.46. The predicted molar refractivity (Wildman–Crippen MR) is 106 cm³/mol. The lowest BCUT2D eigenvalue weighted by Crippen LogP contribution is -2.28. The van der Waals surface area contributed by atoms with E-state index < -0.39 is 45.9 Å². The third-order valence-corrected chi connectivity index (χ3v) is 5.22. The first-order valence-corrected chi connectivity index (χ1v) is 9.34. The first-order valence-electron chi connectivity index (χ1n) is 9.34. The van der Waals surface area contributed by atoms with E-state index in [0.29, 0.717) is 0 Å². The molecule has 1 heterocycles. The summed E-state index contributed by atoms with van der Waals surface area (Å²) >= 11 is 0. The molecule has 0 radical (unpaired) electrons. The fraction of sp³-hybridized carbons (Fsp3) is 0.333. The zero-order valence-electron chi connectivity index (χ0n) is 17.2. The number of carbonyl (C=O) groups is 2. The minimum Gasteiger partial charge on any atom is -0.494 e. The molecule has 3 rings (SSSR count). The van der Waals surface area contributed by atoms with Crippen LogP contribution < -0.4 is 9.64 Å². The Morgan fingerprint density at radius 1 is 1.25 bits per heavy atom. The molecule has 0 saturated heterocycles. The molecule has 0 aromatic heterocycles. The van der Waals surface area contributed by atoms with E-state index in [1.165, 1.54) is 30.2 Å². The Labute approximate surface area is 179 Å². The number of carbonyl (C=O) groups excluding carboxylic acids is 2. The number of Topliss-reactive ketones (excluding diaryl/α,β-unsaturated/α-hetero) is 2. The summed E-state index contributed by atoms with van der Waals surface area (Å²) in [6, 6.07) is 6.57. The smallest absolute Gasteiger partial charge is 0.450 e. The number of hydrogen-bond acceptors (Lipinski definition) is 6. The Morgan fingerprint density at radius 3 is 2.44 bits per heavy atom. The standard InChI is InChI=1S/C21H18F4N2O5/c1-20(2)10-26(12-6-4-5-7-13(12)27(30)31)19-15(32-3)8-11(22)17(18(19)20)14(28)9-16(29)21(23,24)25/h4-8H,9-10H2,1-3H3. The quantitative estimate of drug-likeness (QED) is 0.203. The fourth-order valence-electron chi connectivity index (χ4n) is 3.91. The third kappa shape index (κ3) is 3.90. The normalized spacial score (nSPS) is 14.8. The number of anilines is 2. The maximum Gasteiger partial charge on any atom is 0.450 e. The highest BCUT2D eigenvalue weighted by atomic mass is 19.4. The summed E-state index contributed by atoms with van der Waals surface area (Å²) in [5.41, 5.74) is -1.67. The number of rotatable bonds is 6. The summed E-state index contributed by atoms with van der Waals surface area (Å²) in [6.45, 7) is 3.27. The van der Waals surface area contributed by atoms with Gasteiger partial charge in [-0.05, 0) is 6.07 Å². The monoisotopic (exact) mass is 454 g/mol. The molecule has 2 aromatic carbocycles. The summed E-state index contributed by atoms with van der Waals surface area (Å²) in [4.78, 5) is 36.4. The summed E-state index contributed by atoms with van der Waals surface area (Å²) in [7, 11) is 1.23. The molecule has 0 amide bonds.